The van der Waals surface area contributed by atoms with Gasteiger partial charge in [-0.25, -0.2) is 13.2 Å². The van der Waals surface area contributed by atoms with Gasteiger partial charge in [0.25, 0.3) is 15.9 Å². The number of Topliss-reactive ketones (excluding diaryl/α,β-unsaturated/α-hetero) is 1. The molecule has 1 aromatic carbocycles. The minimum atomic E-state index is -4.30. The van der Waals surface area contributed by atoms with Crippen molar-refractivity contribution in [2.45, 2.75) is 12.2 Å². The number of hydrogen-bond acceptors (Lipinski definition) is 6. The maximum atomic E-state index is 12.5. The lowest BCUT2D eigenvalue weighted by molar-refractivity contribution is -0.126. The van der Waals surface area contributed by atoms with Gasteiger partial charge in [-0.2, -0.15) is 0 Å². The number of sulfonamides is 1. The summed E-state index contributed by atoms with van der Waals surface area (Å²) in [6.07, 6.45) is 0. The monoisotopic (exact) mass is 352 g/mol. The van der Waals surface area contributed by atoms with Crippen LogP contribution in [-0.2, 0) is 14.8 Å². The van der Waals surface area contributed by atoms with E-state index in [-0.39, 0.29) is 11.5 Å². The van der Waals surface area contributed by atoms with E-state index in [1.165, 1.54) is 38.2 Å². The Labute approximate surface area is 138 Å². The molecule has 2 rings (SSSR count). The van der Waals surface area contributed by atoms with Crippen LogP contribution < -0.4 is 4.72 Å². The highest BCUT2D eigenvalue weighted by molar-refractivity contribution is 7.94. The quantitative estimate of drug-likeness (QED) is 0.763. The number of nitrogens with one attached hydrogen (secondary N) is 2. The molecule has 128 valence electrons. The van der Waals surface area contributed by atoms with E-state index in [1.54, 1.807) is 0 Å². The van der Waals surface area contributed by atoms with Gasteiger partial charge in [-0.1, -0.05) is 0 Å². The third-order valence-corrected chi connectivity index (χ3v) is 5.17. The van der Waals surface area contributed by atoms with E-state index in [1.807, 2.05) is 0 Å². The predicted molar refractivity (Wildman–Crippen MR) is 86.4 cm³/mol. The molecule has 24 heavy (non-hydrogen) atoms. The molecule has 0 saturated carbocycles. The fourth-order valence-corrected chi connectivity index (χ4v) is 3.62. The molecule has 1 fully saturated rings. The minimum Gasteiger partial charge on any atom is -0.295 e. The van der Waals surface area contributed by atoms with Crippen molar-refractivity contribution in [2.24, 2.45) is 0 Å². The smallest absolute Gasteiger partial charge is 0.295 e. The maximum Gasteiger partial charge on any atom is 0.331 e. The molecule has 9 nitrogen and oxygen atoms in total. The zero-order valence-electron chi connectivity index (χ0n) is 13.2. The summed E-state index contributed by atoms with van der Waals surface area (Å²) in [5, 5.41) is 5.97. The van der Waals surface area contributed by atoms with Gasteiger partial charge < -0.3 is 0 Å². The van der Waals surface area contributed by atoms with Gasteiger partial charge in [-0.15, -0.1) is 0 Å². The maximum absolute atomic E-state index is 12.5. The standard InChI is InChI=1S/C14H16N4O5S/c1-8(19)9-4-6-10(7-5-9)16-24(22,23)11-12(15)17(2)14(21)18(3)13(11)20/h4-7,11,15-16H,1-3H3. The Balaban J connectivity index is 2.32. The average molecular weight is 352 g/mol. The number of amides is 3. The first kappa shape index (κ1) is 17.6. The van der Waals surface area contributed by atoms with Crippen molar-refractivity contribution in [3.8, 4) is 0 Å². The molecule has 10 heteroatoms. The zero-order chi connectivity index (χ0) is 18.2. The van der Waals surface area contributed by atoms with Gasteiger partial charge in [0.15, 0.2) is 5.78 Å². The third-order valence-electron chi connectivity index (χ3n) is 3.60. The van der Waals surface area contributed by atoms with Crippen LogP contribution in [0.1, 0.15) is 17.3 Å². The predicted octanol–water partition coefficient (Wildman–Crippen LogP) is 0.501. The highest BCUT2D eigenvalue weighted by Crippen LogP contribution is 2.20. The van der Waals surface area contributed by atoms with Crippen LogP contribution in [-0.4, -0.2) is 61.1 Å². The number of carbonyl (C=O) groups excluding carboxylic acids is 3. The van der Waals surface area contributed by atoms with Crippen LogP contribution in [0.3, 0.4) is 0 Å². The fourth-order valence-electron chi connectivity index (χ4n) is 2.17. The molecule has 2 N–H and O–H groups in total. The molecule has 0 aliphatic carbocycles. The molecule has 0 radical (unpaired) electrons. The van der Waals surface area contributed by atoms with Crippen LogP contribution in [0.15, 0.2) is 24.3 Å². The summed E-state index contributed by atoms with van der Waals surface area (Å²) in [7, 11) is -1.93. The Kier molecular flexibility index (Phi) is 4.43. The number of rotatable bonds is 4. The van der Waals surface area contributed by atoms with Crippen molar-refractivity contribution in [2.75, 3.05) is 18.8 Å². The normalized spacial score (nSPS) is 18.8. The second kappa shape index (κ2) is 6.04. The molecule has 0 aromatic heterocycles. The number of hydrogen-bond donors (Lipinski definition) is 2. The number of anilines is 1. The zero-order valence-corrected chi connectivity index (χ0v) is 14.0. The summed E-state index contributed by atoms with van der Waals surface area (Å²) in [5.41, 5.74) is 0.548. The summed E-state index contributed by atoms with van der Waals surface area (Å²) in [6, 6.07) is 4.86. The van der Waals surface area contributed by atoms with Crippen LogP contribution in [0, 0.1) is 5.41 Å². The average Bonchev–Trinajstić information content (AvgIpc) is 2.51. The van der Waals surface area contributed by atoms with Crippen LogP contribution in [0.5, 0.6) is 0 Å². The van der Waals surface area contributed by atoms with Gasteiger partial charge in [0.2, 0.25) is 5.25 Å². The minimum absolute atomic E-state index is 0.141. The van der Waals surface area contributed by atoms with E-state index < -0.39 is 33.0 Å². The number of carbonyl (C=O) groups is 3. The fraction of sp³-hybridized carbons (Fsp3) is 0.286. The van der Waals surface area contributed by atoms with E-state index >= 15 is 0 Å². The number of amidine groups is 1. The first-order valence-electron chi connectivity index (χ1n) is 6.82. The highest BCUT2D eigenvalue weighted by atomic mass is 32.2. The first-order chi connectivity index (χ1) is 11.1. The number of benzene rings is 1. The number of urea groups is 1. The van der Waals surface area contributed by atoms with Crippen molar-refractivity contribution in [1.82, 2.24) is 9.80 Å². The molecule has 0 spiro atoms. The Hall–Kier alpha value is -2.75. The number of imide groups is 1. The molecule has 1 atom stereocenters. The summed E-state index contributed by atoms with van der Waals surface area (Å²) in [5.74, 6) is -1.80. The largest absolute Gasteiger partial charge is 0.331 e. The molecule has 0 bridgehead atoms. The Bertz CT molecular complexity index is 807. The molecule has 3 amide bonds. The van der Waals surface area contributed by atoms with Gasteiger partial charge in [0.05, 0.1) is 0 Å². The summed E-state index contributed by atoms with van der Waals surface area (Å²) >= 11 is 0. The molecule has 1 unspecified atom stereocenters. The van der Waals surface area contributed by atoms with Crippen molar-refractivity contribution in [1.29, 1.82) is 5.41 Å². The molecule has 1 aliphatic rings. The molecule has 1 aliphatic heterocycles. The van der Waals surface area contributed by atoms with Gasteiger partial charge >= 0.3 is 6.03 Å². The Morgan fingerprint density at radius 1 is 1.12 bits per heavy atom. The lowest BCUT2D eigenvalue weighted by Gasteiger charge is -2.34. The molecular formula is C14H16N4O5S. The number of nitrogens with zero attached hydrogens (tertiary/aromatic N) is 2. The van der Waals surface area contributed by atoms with Gasteiger partial charge in [-0.3, -0.25) is 29.5 Å². The van der Waals surface area contributed by atoms with Crippen molar-refractivity contribution < 1.29 is 22.8 Å². The summed E-state index contributed by atoms with van der Waals surface area (Å²) < 4.78 is 27.2. The van der Waals surface area contributed by atoms with Gasteiger partial charge in [0, 0.05) is 25.3 Å². The SMILES string of the molecule is CC(=O)c1ccc(NS(=O)(=O)C2C(=N)N(C)C(=O)N(C)C2=O)cc1. The molecule has 1 aromatic rings. The summed E-state index contributed by atoms with van der Waals surface area (Å²) in [6.45, 7) is 1.38. The third kappa shape index (κ3) is 3.00. The Morgan fingerprint density at radius 2 is 1.67 bits per heavy atom. The molecule has 1 heterocycles. The topological polar surface area (TPSA) is 128 Å². The van der Waals surface area contributed by atoms with Crippen LogP contribution >= 0.6 is 0 Å². The van der Waals surface area contributed by atoms with Crippen molar-refractivity contribution in [3.63, 3.8) is 0 Å². The van der Waals surface area contributed by atoms with E-state index in [4.69, 9.17) is 5.41 Å². The van der Waals surface area contributed by atoms with Crippen molar-refractivity contribution in [3.05, 3.63) is 29.8 Å². The second-order valence-electron chi connectivity index (χ2n) is 5.28. The highest BCUT2D eigenvalue weighted by Gasteiger charge is 2.47. The van der Waals surface area contributed by atoms with Crippen LogP contribution in [0.25, 0.3) is 0 Å². The lowest BCUT2D eigenvalue weighted by atomic mass is 10.1. The van der Waals surface area contributed by atoms with Crippen LogP contribution in [0.4, 0.5) is 10.5 Å². The summed E-state index contributed by atoms with van der Waals surface area (Å²) in [4.78, 5) is 36.5. The van der Waals surface area contributed by atoms with Gasteiger partial charge in [-0.05, 0) is 31.2 Å². The molecular weight excluding hydrogens is 336 g/mol. The van der Waals surface area contributed by atoms with Crippen LogP contribution in [0.2, 0.25) is 0 Å². The number of ketones is 1. The Morgan fingerprint density at radius 3 is 2.17 bits per heavy atom. The van der Waals surface area contributed by atoms with Gasteiger partial charge in [0.1, 0.15) is 5.84 Å². The van der Waals surface area contributed by atoms with E-state index in [0.29, 0.717) is 10.5 Å². The molecule has 1 saturated heterocycles. The van der Waals surface area contributed by atoms with E-state index in [9.17, 15) is 22.8 Å². The van der Waals surface area contributed by atoms with E-state index in [0.717, 1.165) is 11.9 Å². The van der Waals surface area contributed by atoms with E-state index in [2.05, 4.69) is 4.72 Å². The second-order valence-corrected chi connectivity index (χ2v) is 7.05. The van der Waals surface area contributed by atoms with Crippen molar-refractivity contribution >= 4 is 39.3 Å². The first-order valence-corrected chi connectivity index (χ1v) is 8.37. The lowest BCUT2D eigenvalue weighted by Crippen LogP contribution is -2.62.